The maximum atomic E-state index is 6.20. The minimum absolute atomic E-state index is 0.620. The molecule has 2 aromatic heterocycles. The number of rotatable bonds is 3. The zero-order valence-corrected chi connectivity index (χ0v) is 13.8. The van der Waals surface area contributed by atoms with Crippen LogP contribution in [0.2, 0.25) is 10.0 Å². The van der Waals surface area contributed by atoms with Crippen molar-refractivity contribution in [3.63, 3.8) is 0 Å². The van der Waals surface area contributed by atoms with Crippen LogP contribution in [-0.4, -0.2) is 19.7 Å². The van der Waals surface area contributed by atoms with Gasteiger partial charge in [0.25, 0.3) is 0 Å². The van der Waals surface area contributed by atoms with E-state index in [0.29, 0.717) is 21.5 Å². The summed E-state index contributed by atoms with van der Waals surface area (Å²) in [6, 6.07) is 14.9. The Kier molecular flexibility index (Phi) is 3.80. The fourth-order valence-corrected chi connectivity index (χ4v) is 2.71. The predicted octanol–water partition coefficient (Wildman–Crippen LogP) is 4.87. The summed E-state index contributed by atoms with van der Waals surface area (Å²) < 4.78 is 1.74. The van der Waals surface area contributed by atoms with Gasteiger partial charge in [-0.1, -0.05) is 35.3 Å². The first-order valence-electron chi connectivity index (χ1n) is 7.18. The molecule has 0 bridgehead atoms. The van der Waals surface area contributed by atoms with Crippen molar-refractivity contribution in [3.8, 4) is 5.69 Å². The van der Waals surface area contributed by atoms with Crippen LogP contribution in [0.3, 0.4) is 0 Å². The molecule has 0 radical (unpaired) electrons. The second kappa shape index (κ2) is 6.11. The van der Waals surface area contributed by atoms with Crippen molar-refractivity contribution in [2.24, 2.45) is 0 Å². The summed E-state index contributed by atoms with van der Waals surface area (Å²) in [6.45, 7) is 0. The molecule has 2 heterocycles. The molecule has 7 heteroatoms. The van der Waals surface area contributed by atoms with E-state index in [9.17, 15) is 0 Å². The van der Waals surface area contributed by atoms with E-state index in [4.69, 9.17) is 23.2 Å². The van der Waals surface area contributed by atoms with Gasteiger partial charge in [-0.05, 0) is 36.4 Å². The van der Waals surface area contributed by atoms with Gasteiger partial charge in [0.15, 0.2) is 5.65 Å². The third kappa shape index (κ3) is 2.68. The first kappa shape index (κ1) is 14.9. The number of anilines is 2. The van der Waals surface area contributed by atoms with Gasteiger partial charge in [-0.2, -0.15) is 5.10 Å². The van der Waals surface area contributed by atoms with E-state index >= 15 is 0 Å². The highest BCUT2D eigenvalue weighted by atomic mass is 35.5. The summed E-state index contributed by atoms with van der Waals surface area (Å²) in [4.78, 5) is 8.66. The molecule has 4 rings (SSSR count). The van der Waals surface area contributed by atoms with E-state index < -0.39 is 0 Å². The Balaban J connectivity index is 1.79. The number of nitrogens with one attached hydrogen (secondary N) is 1. The molecule has 0 spiro atoms. The Hall–Kier alpha value is -2.63. The summed E-state index contributed by atoms with van der Waals surface area (Å²) in [6.07, 6.45) is 3.22. The molecule has 0 saturated heterocycles. The number of aromatic nitrogens is 4. The predicted molar refractivity (Wildman–Crippen MR) is 96.4 cm³/mol. The molecule has 0 aliphatic carbocycles. The van der Waals surface area contributed by atoms with Crippen LogP contribution in [-0.2, 0) is 0 Å². The number of halogens is 2. The monoisotopic (exact) mass is 355 g/mol. The van der Waals surface area contributed by atoms with E-state index in [1.807, 2.05) is 48.5 Å². The Morgan fingerprint density at radius 2 is 1.71 bits per heavy atom. The molecular formula is C17H11Cl2N5. The standard InChI is InChI=1S/C17H11Cl2N5/c18-11-5-7-12(8-6-11)24-17-13(9-22-24)16(20-10-21-17)23-15-4-2-1-3-14(15)19/h1-10H,(H,20,21,23). The number of para-hydroxylation sites is 1. The SMILES string of the molecule is Clc1ccc(-n2ncc3c(Nc4ccccc4Cl)ncnc32)cc1. The van der Waals surface area contributed by atoms with Crippen LogP contribution >= 0.6 is 23.2 Å². The first-order valence-corrected chi connectivity index (χ1v) is 7.94. The summed E-state index contributed by atoms with van der Waals surface area (Å²) in [5.74, 6) is 0.647. The summed E-state index contributed by atoms with van der Waals surface area (Å²) in [5, 5.41) is 9.74. The average molecular weight is 356 g/mol. The molecule has 4 aromatic rings. The van der Waals surface area contributed by atoms with Crippen molar-refractivity contribution in [3.05, 3.63) is 71.1 Å². The minimum atomic E-state index is 0.620. The molecule has 1 N–H and O–H groups in total. The molecule has 118 valence electrons. The second-order valence-electron chi connectivity index (χ2n) is 5.10. The van der Waals surface area contributed by atoms with Gasteiger partial charge < -0.3 is 5.32 Å². The minimum Gasteiger partial charge on any atom is -0.338 e. The lowest BCUT2D eigenvalue weighted by molar-refractivity contribution is 0.895. The van der Waals surface area contributed by atoms with Gasteiger partial charge in [0.1, 0.15) is 12.1 Å². The fourth-order valence-electron chi connectivity index (χ4n) is 2.41. The highest BCUT2D eigenvalue weighted by molar-refractivity contribution is 6.33. The van der Waals surface area contributed by atoms with Crippen molar-refractivity contribution < 1.29 is 0 Å². The lowest BCUT2D eigenvalue weighted by Crippen LogP contribution is -1.99. The highest BCUT2D eigenvalue weighted by Gasteiger charge is 2.12. The number of hydrogen-bond donors (Lipinski definition) is 1. The fraction of sp³-hybridized carbons (Fsp3) is 0. The summed E-state index contributed by atoms with van der Waals surface area (Å²) in [5.41, 5.74) is 2.34. The Bertz CT molecular complexity index is 1010. The highest BCUT2D eigenvalue weighted by Crippen LogP contribution is 2.28. The van der Waals surface area contributed by atoms with Gasteiger partial charge in [0, 0.05) is 5.02 Å². The molecule has 0 unspecified atom stereocenters. The van der Waals surface area contributed by atoms with Gasteiger partial charge >= 0.3 is 0 Å². The summed E-state index contributed by atoms with van der Waals surface area (Å²) >= 11 is 12.1. The van der Waals surface area contributed by atoms with Crippen LogP contribution in [0.15, 0.2) is 61.1 Å². The van der Waals surface area contributed by atoms with Gasteiger partial charge in [-0.25, -0.2) is 14.6 Å². The van der Waals surface area contributed by atoms with Crippen molar-refractivity contribution >= 4 is 45.7 Å². The normalized spacial score (nSPS) is 10.9. The Morgan fingerprint density at radius 1 is 0.917 bits per heavy atom. The zero-order chi connectivity index (χ0) is 16.5. The molecular weight excluding hydrogens is 345 g/mol. The molecule has 24 heavy (non-hydrogen) atoms. The number of hydrogen-bond acceptors (Lipinski definition) is 4. The molecule has 0 amide bonds. The van der Waals surface area contributed by atoms with Crippen LogP contribution in [0.25, 0.3) is 16.7 Å². The van der Waals surface area contributed by atoms with E-state index in [2.05, 4.69) is 20.4 Å². The van der Waals surface area contributed by atoms with Crippen molar-refractivity contribution in [2.45, 2.75) is 0 Å². The topological polar surface area (TPSA) is 55.6 Å². The Labute approximate surface area is 147 Å². The molecule has 0 aliphatic heterocycles. The summed E-state index contributed by atoms with van der Waals surface area (Å²) in [7, 11) is 0. The van der Waals surface area contributed by atoms with E-state index in [1.54, 1.807) is 10.9 Å². The van der Waals surface area contributed by atoms with Gasteiger partial charge in [-0.15, -0.1) is 0 Å². The smallest absolute Gasteiger partial charge is 0.168 e. The third-order valence-electron chi connectivity index (χ3n) is 3.56. The van der Waals surface area contributed by atoms with Crippen LogP contribution in [0.1, 0.15) is 0 Å². The quantitative estimate of drug-likeness (QED) is 0.569. The van der Waals surface area contributed by atoms with Crippen LogP contribution in [0.5, 0.6) is 0 Å². The van der Waals surface area contributed by atoms with E-state index in [1.165, 1.54) is 6.33 Å². The average Bonchev–Trinajstić information content (AvgIpc) is 3.03. The molecule has 2 aromatic carbocycles. The molecule has 0 aliphatic rings. The van der Waals surface area contributed by atoms with Crippen molar-refractivity contribution in [2.75, 3.05) is 5.32 Å². The van der Waals surface area contributed by atoms with Crippen LogP contribution in [0, 0.1) is 0 Å². The second-order valence-corrected chi connectivity index (χ2v) is 5.94. The van der Waals surface area contributed by atoms with Gasteiger partial charge in [-0.3, -0.25) is 0 Å². The van der Waals surface area contributed by atoms with Crippen LogP contribution < -0.4 is 5.32 Å². The number of fused-ring (bicyclic) bond motifs is 1. The maximum absolute atomic E-state index is 6.20. The Morgan fingerprint density at radius 3 is 2.50 bits per heavy atom. The van der Waals surface area contributed by atoms with E-state index in [-0.39, 0.29) is 0 Å². The largest absolute Gasteiger partial charge is 0.338 e. The van der Waals surface area contributed by atoms with Gasteiger partial charge in [0.05, 0.1) is 28.0 Å². The van der Waals surface area contributed by atoms with Gasteiger partial charge in [0.2, 0.25) is 0 Å². The maximum Gasteiger partial charge on any atom is 0.168 e. The van der Waals surface area contributed by atoms with Crippen molar-refractivity contribution in [1.29, 1.82) is 0 Å². The van der Waals surface area contributed by atoms with Crippen molar-refractivity contribution in [1.82, 2.24) is 19.7 Å². The molecule has 5 nitrogen and oxygen atoms in total. The number of nitrogens with zero attached hydrogens (tertiary/aromatic N) is 4. The lowest BCUT2D eigenvalue weighted by Gasteiger charge is -2.08. The van der Waals surface area contributed by atoms with E-state index in [0.717, 1.165) is 16.8 Å². The lowest BCUT2D eigenvalue weighted by atomic mass is 10.3. The molecule has 0 fully saturated rings. The third-order valence-corrected chi connectivity index (χ3v) is 4.15. The number of benzene rings is 2. The zero-order valence-electron chi connectivity index (χ0n) is 12.3. The molecule has 0 saturated carbocycles. The molecule has 0 atom stereocenters. The van der Waals surface area contributed by atoms with Crippen LogP contribution in [0.4, 0.5) is 11.5 Å². The first-order chi connectivity index (χ1) is 11.7.